The summed E-state index contributed by atoms with van der Waals surface area (Å²) in [6, 6.07) is 7.76. The molecule has 3 nitrogen and oxygen atoms in total. The summed E-state index contributed by atoms with van der Waals surface area (Å²) in [5.41, 5.74) is 3.31. The van der Waals surface area contributed by atoms with Crippen LogP contribution < -0.4 is 0 Å². The van der Waals surface area contributed by atoms with Crippen molar-refractivity contribution in [3.63, 3.8) is 0 Å². The first-order chi connectivity index (χ1) is 10.5. The van der Waals surface area contributed by atoms with Crippen LogP contribution in [0.4, 0.5) is 0 Å². The van der Waals surface area contributed by atoms with Gasteiger partial charge in [-0.2, -0.15) is 0 Å². The maximum atomic E-state index is 12.8. The first kappa shape index (κ1) is 15.0. The van der Waals surface area contributed by atoms with Crippen molar-refractivity contribution in [3.8, 4) is 0 Å². The molecular weight excluding hydrogens is 296 g/mol. The predicted octanol–water partition coefficient (Wildman–Crippen LogP) is 4.84. The fraction of sp³-hybridized carbons (Fsp3) is 0.333. The molecule has 0 aliphatic heterocycles. The molecule has 0 saturated carbocycles. The molecule has 4 heteroatoms. The fourth-order valence-electron chi connectivity index (χ4n) is 2.99. The third-order valence-electron chi connectivity index (χ3n) is 4.26. The SMILES string of the molecule is CC1(C)CCC(C(=O)n2ccnc2)=C(c2ccc(Cl)cc2)C1. The predicted molar refractivity (Wildman–Crippen MR) is 88.9 cm³/mol. The number of benzene rings is 1. The molecule has 0 N–H and O–H groups in total. The van der Waals surface area contributed by atoms with Gasteiger partial charge in [-0.1, -0.05) is 37.6 Å². The Labute approximate surface area is 135 Å². The van der Waals surface area contributed by atoms with Gasteiger partial charge in [0.05, 0.1) is 0 Å². The van der Waals surface area contributed by atoms with Crippen molar-refractivity contribution < 1.29 is 4.79 Å². The minimum atomic E-state index is 0.0259. The highest BCUT2D eigenvalue weighted by molar-refractivity contribution is 6.30. The maximum absolute atomic E-state index is 12.8. The quantitative estimate of drug-likeness (QED) is 0.795. The van der Waals surface area contributed by atoms with Gasteiger partial charge in [0.2, 0.25) is 0 Å². The van der Waals surface area contributed by atoms with Crippen LogP contribution in [-0.2, 0) is 0 Å². The van der Waals surface area contributed by atoms with E-state index >= 15 is 0 Å². The van der Waals surface area contributed by atoms with Crippen molar-refractivity contribution in [3.05, 3.63) is 59.1 Å². The van der Waals surface area contributed by atoms with E-state index in [0.29, 0.717) is 5.02 Å². The number of hydrogen-bond donors (Lipinski definition) is 0. The molecule has 1 aromatic heterocycles. The lowest BCUT2D eigenvalue weighted by molar-refractivity contribution is 0.0946. The number of imidazole rings is 1. The van der Waals surface area contributed by atoms with Crippen molar-refractivity contribution in [2.24, 2.45) is 5.41 Å². The molecule has 0 spiro atoms. The Bertz CT molecular complexity index is 712. The topological polar surface area (TPSA) is 34.9 Å². The highest BCUT2D eigenvalue weighted by Crippen LogP contribution is 2.43. The van der Waals surface area contributed by atoms with Gasteiger partial charge in [0.1, 0.15) is 6.33 Å². The summed E-state index contributed by atoms with van der Waals surface area (Å²) >= 11 is 5.99. The van der Waals surface area contributed by atoms with E-state index in [1.165, 1.54) is 0 Å². The van der Waals surface area contributed by atoms with Gasteiger partial charge in [0, 0.05) is 23.0 Å². The van der Waals surface area contributed by atoms with Crippen LogP contribution in [0.1, 0.15) is 43.5 Å². The second-order valence-electron chi connectivity index (χ2n) is 6.58. The van der Waals surface area contributed by atoms with E-state index in [1.54, 1.807) is 23.3 Å². The first-order valence-corrected chi connectivity index (χ1v) is 7.85. The zero-order valence-electron chi connectivity index (χ0n) is 12.8. The molecule has 1 heterocycles. The summed E-state index contributed by atoms with van der Waals surface area (Å²) in [5, 5.41) is 0.710. The average molecular weight is 315 g/mol. The Hall–Kier alpha value is -1.87. The smallest absolute Gasteiger partial charge is 0.259 e. The fourth-order valence-corrected chi connectivity index (χ4v) is 3.11. The Morgan fingerprint density at radius 2 is 2.00 bits per heavy atom. The normalized spacial score (nSPS) is 17.6. The summed E-state index contributed by atoms with van der Waals surface area (Å²) in [5.74, 6) is 0.0259. The number of nitrogens with zero attached hydrogens (tertiary/aromatic N) is 2. The van der Waals surface area contributed by atoms with E-state index in [2.05, 4.69) is 18.8 Å². The van der Waals surface area contributed by atoms with E-state index < -0.39 is 0 Å². The third-order valence-corrected chi connectivity index (χ3v) is 4.51. The summed E-state index contributed by atoms with van der Waals surface area (Å²) in [6.07, 6.45) is 7.60. The van der Waals surface area contributed by atoms with Crippen molar-refractivity contribution in [2.45, 2.75) is 33.1 Å². The van der Waals surface area contributed by atoms with Crippen molar-refractivity contribution in [1.82, 2.24) is 9.55 Å². The van der Waals surface area contributed by atoms with Crippen LogP contribution >= 0.6 is 11.6 Å². The number of rotatable bonds is 2. The minimum absolute atomic E-state index is 0.0259. The maximum Gasteiger partial charge on any atom is 0.259 e. The van der Waals surface area contributed by atoms with Crippen molar-refractivity contribution in [2.75, 3.05) is 0 Å². The number of halogens is 1. The van der Waals surface area contributed by atoms with Crippen molar-refractivity contribution >= 4 is 23.1 Å². The number of allylic oxidation sites excluding steroid dienone is 2. The molecule has 22 heavy (non-hydrogen) atoms. The Balaban J connectivity index is 2.07. The molecular formula is C18H19ClN2O. The number of aromatic nitrogens is 2. The molecule has 3 rings (SSSR count). The van der Waals surface area contributed by atoms with Gasteiger partial charge in [-0.15, -0.1) is 0 Å². The summed E-state index contributed by atoms with van der Waals surface area (Å²) in [6.45, 7) is 4.50. The van der Waals surface area contributed by atoms with Gasteiger partial charge in [-0.05, 0) is 47.9 Å². The molecule has 1 aliphatic rings. The largest absolute Gasteiger partial charge is 0.273 e. The van der Waals surface area contributed by atoms with Gasteiger partial charge in [-0.25, -0.2) is 4.98 Å². The second-order valence-corrected chi connectivity index (χ2v) is 7.02. The molecule has 0 amide bonds. The number of carbonyl (C=O) groups is 1. The van der Waals surface area contributed by atoms with Crippen LogP contribution in [0.2, 0.25) is 5.02 Å². The van der Waals surface area contributed by atoms with Crippen LogP contribution in [0.15, 0.2) is 48.6 Å². The van der Waals surface area contributed by atoms with Crippen LogP contribution in [0.3, 0.4) is 0 Å². The third kappa shape index (κ3) is 3.00. The lowest BCUT2D eigenvalue weighted by Gasteiger charge is -2.33. The van der Waals surface area contributed by atoms with E-state index in [-0.39, 0.29) is 11.3 Å². The number of carbonyl (C=O) groups excluding carboxylic acids is 1. The van der Waals surface area contributed by atoms with Gasteiger partial charge in [0.15, 0.2) is 0 Å². The molecule has 2 aromatic rings. The zero-order chi connectivity index (χ0) is 15.7. The van der Waals surface area contributed by atoms with Gasteiger partial charge in [0.25, 0.3) is 5.91 Å². The lowest BCUT2D eigenvalue weighted by Crippen LogP contribution is -2.23. The molecule has 0 saturated heterocycles. The van der Waals surface area contributed by atoms with Gasteiger partial charge < -0.3 is 0 Å². The average Bonchev–Trinajstić information content (AvgIpc) is 3.01. The molecule has 1 aliphatic carbocycles. The van der Waals surface area contributed by atoms with Crippen molar-refractivity contribution in [1.29, 1.82) is 0 Å². The molecule has 0 atom stereocenters. The monoisotopic (exact) mass is 314 g/mol. The van der Waals surface area contributed by atoms with E-state index in [4.69, 9.17) is 11.6 Å². The molecule has 1 aromatic carbocycles. The summed E-state index contributed by atoms with van der Waals surface area (Å²) in [4.78, 5) is 16.7. The number of hydrogen-bond acceptors (Lipinski definition) is 2. The Morgan fingerprint density at radius 3 is 2.64 bits per heavy atom. The standard InChI is InChI=1S/C18H19ClN2O/c1-18(2)8-7-15(17(22)21-10-9-20-12-21)16(11-18)13-3-5-14(19)6-4-13/h3-6,9-10,12H,7-8,11H2,1-2H3. The Morgan fingerprint density at radius 1 is 1.27 bits per heavy atom. The van der Waals surface area contributed by atoms with Gasteiger partial charge in [-0.3, -0.25) is 9.36 Å². The van der Waals surface area contributed by atoms with Crippen LogP contribution in [-0.4, -0.2) is 15.5 Å². The minimum Gasteiger partial charge on any atom is -0.273 e. The second kappa shape index (κ2) is 5.73. The van der Waals surface area contributed by atoms with Crippen LogP contribution in [0.25, 0.3) is 5.57 Å². The van der Waals surface area contributed by atoms with E-state index in [9.17, 15) is 4.79 Å². The highest BCUT2D eigenvalue weighted by atomic mass is 35.5. The summed E-state index contributed by atoms with van der Waals surface area (Å²) in [7, 11) is 0. The molecule has 0 fully saturated rings. The van der Waals surface area contributed by atoms with Crippen LogP contribution in [0.5, 0.6) is 0 Å². The molecule has 114 valence electrons. The summed E-state index contributed by atoms with van der Waals surface area (Å²) < 4.78 is 1.56. The highest BCUT2D eigenvalue weighted by Gasteiger charge is 2.31. The zero-order valence-corrected chi connectivity index (χ0v) is 13.6. The van der Waals surface area contributed by atoms with Crippen LogP contribution in [0, 0.1) is 5.41 Å². The Kier molecular flexibility index (Phi) is 3.92. The van der Waals surface area contributed by atoms with E-state index in [0.717, 1.165) is 36.0 Å². The molecule has 0 radical (unpaired) electrons. The molecule has 0 bridgehead atoms. The van der Waals surface area contributed by atoms with E-state index in [1.807, 2.05) is 24.3 Å². The van der Waals surface area contributed by atoms with Gasteiger partial charge >= 0.3 is 0 Å². The first-order valence-electron chi connectivity index (χ1n) is 7.47. The lowest BCUT2D eigenvalue weighted by atomic mass is 9.72. The molecule has 0 unspecified atom stereocenters.